The molecule has 7 nitrogen and oxygen atoms in total. The van der Waals surface area contributed by atoms with Gasteiger partial charge in [0.2, 0.25) is 0 Å². The Morgan fingerprint density at radius 2 is 2.00 bits per heavy atom. The Morgan fingerprint density at radius 3 is 2.74 bits per heavy atom. The van der Waals surface area contributed by atoms with Gasteiger partial charge in [0.1, 0.15) is 17.1 Å². The van der Waals surface area contributed by atoms with Crippen molar-refractivity contribution < 1.29 is 23.5 Å². The van der Waals surface area contributed by atoms with Crippen LogP contribution < -0.4 is 0 Å². The molecule has 7 heteroatoms. The van der Waals surface area contributed by atoms with Crippen molar-refractivity contribution in [3.63, 3.8) is 0 Å². The molecule has 31 heavy (non-hydrogen) atoms. The van der Waals surface area contributed by atoms with Crippen LogP contribution >= 0.6 is 0 Å². The molecule has 1 aromatic carbocycles. The van der Waals surface area contributed by atoms with Crippen LogP contribution in [-0.4, -0.2) is 68.9 Å². The molecule has 1 fully saturated rings. The molecule has 1 aromatic heterocycles. The molecule has 1 aliphatic heterocycles. The molecule has 0 unspecified atom stereocenters. The number of aliphatic imine (C=N–C) groups is 1. The highest BCUT2D eigenvalue weighted by molar-refractivity contribution is 6.18. The molecule has 2 heterocycles. The van der Waals surface area contributed by atoms with E-state index < -0.39 is 11.9 Å². The highest BCUT2D eigenvalue weighted by atomic mass is 16.5. The summed E-state index contributed by atoms with van der Waals surface area (Å²) < 4.78 is 16.6. The number of fused-ring (bicyclic) bond motifs is 3. The van der Waals surface area contributed by atoms with Crippen LogP contribution in [0.25, 0.3) is 11.3 Å². The third-order valence-corrected chi connectivity index (χ3v) is 5.75. The Balaban J connectivity index is 1.59. The summed E-state index contributed by atoms with van der Waals surface area (Å²) in [6.45, 7) is 8.75. The summed E-state index contributed by atoms with van der Waals surface area (Å²) in [5, 5.41) is 0. The van der Waals surface area contributed by atoms with Gasteiger partial charge in [-0.05, 0) is 20.3 Å². The van der Waals surface area contributed by atoms with Gasteiger partial charge in [-0.2, -0.15) is 0 Å². The van der Waals surface area contributed by atoms with Crippen LogP contribution in [-0.2, 0) is 9.47 Å². The number of rotatable bonds is 7. The van der Waals surface area contributed by atoms with Crippen molar-refractivity contribution in [2.45, 2.75) is 26.2 Å². The zero-order valence-corrected chi connectivity index (χ0v) is 18.1. The fourth-order valence-electron chi connectivity index (χ4n) is 4.24. The van der Waals surface area contributed by atoms with E-state index in [4.69, 9.17) is 13.9 Å². The molecule has 1 saturated heterocycles. The zero-order valence-electron chi connectivity index (χ0n) is 18.1. The second-order valence-corrected chi connectivity index (χ2v) is 7.75. The van der Waals surface area contributed by atoms with Gasteiger partial charge in [-0.15, -0.1) is 0 Å². The first kappa shape index (κ1) is 21.5. The summed E-state index contributed by atoms with van der Waals surface area (Å²) in [6, 6.07) is 7.33. The molecule has 1 atom stereocenters. The SMILES string of the molecule is CCOC(=O)c1c(C)oc2c1[C@H](C=NCCCN1CCOCC1)C(=O)c1ccccc1-2. The third kappa shape index (κ3) is 4.34. The lowest BCUT2D eigenvalue weighted by molar-refractivity contribution is 0.0377. The first-order valence-electron chi connectivity index (χ1n) is 10.9. The number of ketones is 1. The van der Waals surface area contributed by atoms with E-state index in [1.54, 1.807) is 26.1 Å². The normalized spacial score (nSPS) is 18.8. The smallest absolute Gasteiger partial charge is 0.342 e. The largest absolute Gasteiger partial charge is 0.462 e. The predicted molar refractivity (Wildman–Crippen MR) is 117 cm³/mol. The number of hydrogen-bond donors (Lipinski definition) is 0. The Morgan fingerprint density at radius 1 is 1.26 bits per heavy atom. The first-order valence-corrected chi connectivity index (χ1v) is 10.9. The van der Waals surface area contributed by atoms with E-state index >= 15 is 0 Å². The van der Waals surface area contributed by atoms with E-state index in [9.17, 15) is 9.59 Å². The van der Waals surface area contributed by atoms with Crippen LogP contribution in [0.5, 0.6) is 0 Å². The van der Waals surface area contributed by atoms with Crippen LogP contribution in [0.2, 0.25) is 0 Å². The summed E-state index contributed by atoms with van der Waals surface area (Å²) >= 11 is 0. The van der Waals surface area contributed by atoms with E-state index in [2.05, 4.69) is 9.89 Å². The number of benzene rings is 1. The van der Waals surface area contributed by atoms with Gasteiger partial charge < -0.3 is 13.9 Å². The maximum Gasteiger partial charge on any atom is 0.342 e. The first-order chi connectivity index (χ1) is 15.1. The van der Waals surface area contributed by atoms with E-state index in [0.29, 0.717) is 40.3 Å². The van der Waals surface area contributed by atoms with Gasteiger partial charge in [0.25, 0.3) is 0 Å². The Kier molecular flexibility index (Phi) is 6.63. The number of esters is 1. The lowest BCUT2D eigenvalue weighted by atomic mass is 9.80. The number of nitrogens with zero attached hydrogens (tertiary/aromatic N) is 2. The summed E-state index contributed by atoms with van der Waals surface area (Å²) in [6.07, 6.45) is 2.57. The topological polar surface area (TPSA) is 81.3 Å². The maximum absolute atomic E-state index is 13.3. The standard InChI is InChI=1S/C24H28N2O5/c1-3-30-24(28)20-16(2)31-23-18-8-5-4-7-17(18)22(27)19(21(20)23)15-25-9-6-10-26-11-13-29-14-12-26/h4-5,7-8,15,19H,3,6,9-14H2,1-2H3/t19-/m0/s1. The van der Waals surface area contributed by atoms with Gasteiger partial charge >= 0.3 is 5.97 Å². The molecule has 0 spiro atoms. The average Bonchev–Trinajstić information content (AvgIpc) is 3.13. The fraction of sp³-hybridized carbons (Fsp3) is 0.458. The molecule has 164 valence electrons. The predicted octanol–water partition coefficient (Wildman–Crippen LogP) is 3.50. The van der Waals surface area contributed by atoms with Gasteiger partial charge in [-0.3, -0.25) is 14.7 Å². The molecule has 4 rings (SSSR count). The van der Waals surface area contributed by atoms with Crippen molar-refractivity contribution in [1.29, 1.82) is 0 Å². The van der Waals surface area contributed by atoms with Crippen LogP contribution in [0.15, 0.2) is 33.7 Å². The minimum absolute atomic E-state index is 0.0774. The van der Waals surface area contributed by atoms with Gasteiger partial charge in [0.15, 0.2) is 5.78 Å². The van der Waals surface area contributed by atoms with E-state index in [1.807, 2.05) is 18.2 Å². The number of furan rings is 1. The summed E-state index contributed by atoms with van der Waals surface area (Å²) in [4.78, 5) is 32.9. The molecule has 1 aliphatic carbocycles. The maximum atomic E-state index is 13.3. The summed E-state index contributed by atoms with van der Waals surface area (Å²) in [7, 11) is 0. The van der Waals surface area contributed by atoms with Crippen molar-refractivity contribution in [2.75, 3.05) is 46.0 Å². The molecular weight excluding hydrogens is 396 g/mol. The number of ether oxygens (including phenoxy) is 2. The minimum Gasteiger partial charge on any atom is -0.462 e. The van der Waals surface area contributed by atoms with Gasteiger partial charge in [-0.25, -0.2) is 4.79 Å². The fourth-order valence-corrected chi connectivity index (χ4v) is 4.24. The van der Waals surface area contributed by atoms with E-state index in [0.717, 1.165) is 39.3 Å². The van der Waals surface area contributed by atoms with Crippen molar-refractivity contribution in [3.8, 4) is 11.3 Å². The molecule has 0 radical (unpaired) electrons. The number of hydrogen-bond acceptors (Lipinski definition) is 7. The minimum atomic E-state index is -0.662. The van der Waals surface area contributed by atoms with Crippen LogP contribution in [0.1, 0.15) is 51.3 Å². The number of carbonyl (C=O) groups excluding carboxylic acids is 2. The van der Waals surface area contributed by atoms with Crippen LogP contribution in [0.3, 0.4) is 0 Å². The molecule has 2 aliphatic rings. The second-order valence-electron chi connectivity index (χ2n) is 7.75. The Bertz CT molecular complexity index is 988. The van der Waals surface area contributed by atoms with E-state index in [1.165, 1.54) is 0 Å². The van der Waals surface area contributed by atoms with Gasteiger partial charge in [0.05, 0.1) is 25.7 Å². The van der Waals surface area contributed by atoms with Crippen LogP contribution in [0, 0.1) is 6.92 Å². The monoisotopic (exact) mass is 424 g/mol. The molecule has 0 amide bonds. The Hall–Kier alpha value is -2.77. The molecule has 0 N–H and O–H groups in total. The van der Waals surface area contributed by atoms with Crippen molar-refractivity contribution in [1.82, 2.24) is 4.90 Å². The van der Waals surface area contributed by atoms with E-state index in [-0.39, 0.29) is 12.4 Å². The van der Waals surface area contributed by atoms with Gasteiger partial charge in [-0.1, -0.05) is 24.3 Å². The highest BCUT2D eigenvalue weighted by Gasteiger charge is 2.39. The number of carbonyl (C=O) groups is 2. The van der Waals surface area contributed by atoms with Gasteiger partial charge in [0, 0.05) is 49.1 Å². The van der Waals surface area contributed by atoms with Crippen molar-refractivity contribution in [3.05, 3.63) is 46.7 Å². The van der Waals surface area contributed by atoms with Crippen molar-refractivity contribution in [2.24, 2.45) is 4.99 Å². The lowest BCUT2D eigenvalue weighted by Gasteiger charge is -2.26. The van der Waals surface area contributed by atoms with Crippen molar-refractivity contribution >= 4 is 18.0 Å². The quantitative estimate of drug-likeness (QED) is 0.384. The molecular formula is C24H28N2O5. The molecule has 0 bridgehead atoms. The molecule has 0 saturated carbocycles. The third-order valence-electron chi connectivity index (χ3n) is 5.75. The molecule has 2 aromatic rings. The number of morpholine rings is 1. The summed E-state index contributed by atoms with van der Waals surface area (Å²) in [5.74, 6) is -0.196. The van der Waals surface area contributed by atoms with Crippen LogP contribution in [0.4, 0.5) is 0 Å². The second kappa shape index (κ2) is 9.58. The number of aryl methyl sites for hydroxylation is 1. The highest BCUT2D eigenvalue weighted by Crippen LogP contribution is 2.43. The summed E-state index contributed by atoms with van der Waals surface area (Å²) in [5.41, 5.74) is 2.20. The lowest BCUT2D eigenvalue weighted by Crippen LogP contribution is -2.37. The zero-order chi connectivity index (χ0) is 21.8. The average molecular weight is 424 g/mol. The number of Topliss-reactive ketones (excluding diaryl/α,β-unsaturated/α-hetero) is 1. The Labute approximate surface area is 182 Å².